The van der Waals surface area contributed by atoms with Crippen molar-refractivity contribution in [3.05, 3.63) is 63.9 Å². The molecule has 1 nitrogen and oxygen atoms in total. The average Bonchev–Trinajstić information content (AvgIpc) is 2.35. The van der Waals surface area contributed by atoms with Gasteiger partial charge >= 0.3 is 0 Å². The van der Waals surface area contributed by atoms with E-state index in [1.807, 2.05) is 25.3 Å². The Morgan fingerprint density at radius 2 is 2.00 bits per heavy atom. The highest BCUT2D eigenvalue weighted by Crippen LogP contribution is 2.29. The van der Waals surface area contributed by atoms with Gasteiger partial charge in [-0.25, -0.2) is 0 Å². The van der Waals surface area contributed by atoms with Gasteiger partial charge in [0.2, 0.25) is 0 Å². The summed E-state index contributed by atoms with van der Waals surface area (Å²) in [4.78, 5) is 4.69. The molecule has 0 spiro atoms. The van der Waals surface area contributed by atoms with Crippen molar-refractivity contribution < 1.29 is 0 Å². The Kier molecular flexibility index (Phi) is 4.41. The van der Waals surface area contributed by atoms with E-state index in [0.717, 1.165) is 22.7 Å². The molecule has 0 radical (unpaired) electrons. The van der Waals surface area contributed by atoms with Crippen molar-refractivity contribution in [3.8, 4) is 0 Å². The van der Waals surface area contributed by atoms with E-state index in [9.17, 15) is 0 Å². The molecule has 2 rings (SSSR count). The lowest BCUT2D eigenvalue weighted by molar-refractivity contribution is 0.891. The molecule has 1 heterocycles. The van der Waals surface area contributed by atoms with E-state index in [1.165, 1.54) is 11.1 Å². The molecule has 1 atom stereocenters. The van der Waals surface area contributed by atoms with Crippen LogP contribution in [0.1, 0.15) is 27.2 Å². The van der Waals surface area contributed by atoms with Crippen LogP contribution in [0.3, 0.4) is 0 Å². The number of nitrogens with zero attached hydrogens (tertiary/aromatic N) is 1. The predicted molar refractivity (Wildman–Crippen MR) is 80.5 cm³/mol. The molecule has 0 fully saturated rings. The van der Waals surface area contributed by atoms with Crippen molar-refractivity contribution >= 4 is 27.5 Å². The zero-order chi connectivity index (χ0) is 13.1. The van der Waals surface area contributed by atoms with E-state index in [0.29, 0.717) is 0 Å². The minimum atomic E-state index is 0.266. The highest BCUT2D eigenvalue weighted by Gasteiger charge is 2.11. The molecule has 1 aromatic carbocycles. The molecule has 94 valence electrons. The summed E-state index contributed by atoms with van der Waals surface area (Å²) in [6, 6.07) is 10.2. The Bertz CT molecular complexity index is 554. The quantitative estimate of drug-likeness (QED) is 0.722. The fraction of sp³-hybridized carbons (Fsp3) is 0.267. The van der Waals surface area contributed by atoms with Crippen LogP contribution in [0.25, 0.3) is 0 Å². The van der Waals surface area contributed by atoms with Gasteiger partial charge in [0.25, 0.3) is 0 Å². The second-order valence-corrected chi connectivity index (χ2v) is 5.96. The zero-order valence-corrected chi connectivity index (χ0v) is 12.8. The van der Waals surface area contributed by atoms with Crippen LogP contribution < -0.4 is 0 Å². The fourth-order valence-corrected chi connectivity index (χ4v) is 2.59. The maximum Gasteiger partial charge on any atom is 0.0450 e. The minimum absolute atomic E-state index is 0.266. The van der Waals surface area contributed by atoms with Gasteiger partial charge < -0.3 is 0 Å². The number of hydrogen-bond donors (Lipinski definition) is 0. The molecule has 2 aromatic rings. The topological polar surface area (TPSA) is 12.9 Å². The van der Waals surface area contributed by atoms with Crippen LogP contribution >= 0.6 is 27.5 Å². The van der Waals surface area contributed by atoms with Crippen LogP contribution in [0.2, 0.25) is 5.02 Å². The number of halogens is 2. The molecule has 3 heteroatoms. The van der Waals surface area contributed by atoms with Crippen molar-refractivity contribution in [3.63, 3.8) is 0 Å². The van der Waals surface area contributed by atoms with Crippen LogP contribution in [0.15, 0.2) is 36.5 Å². The summed E-state index contributed by atoms with van der Waals surface area (Å²) in [5, 5.41) is 0.812. The third kappa shape index (κ3) is 3.12. The van der Waals surface area contributed by atoms with Gasteiger partial charge in [0.05, 0.1) is 0 Å². The Labute approximate surface area is 121 Å². The van der Waals surface area contributed by atoms with E-state index < -0.39 is 0 Å². The Balaban J connectivity index is 2.19. The van der Waals surface area contributed by atoms with Crippen LogP contribution in [0.5, 0.6) is 0 Å². The Morgan fingerprint density at radius 3 is 2.67 bits per heavy atom. The first-order chi connectivity index (χ1) is 8.58. The molecule has 0 bridgehead atoms. The molecule has 18 heavy (non-hydrogen) atoms. The molecule has 0 aliphatic rings. The predicted octanol–water partition coefficient (Wildman–Crippen LogP) is 5.03. The summed E-state index contributed by atoms with van der Waals surface area (Å²) in [6.07, 6.45) is 2.73. The number of benzene rings is 1. The minimum Gasteiger partial charge on any atom is -0.261 e. The molecular weight excluding hydrogens is 310 g/mol. The van der Waals surface area contributed by atoms with Gasteiger partial charge in [-0.1, -0.05) is 45.7 Å². The molecule has 0 saturated heterocycles. The summed E-state index contributed by atoms with van der Waals surface area (Å²) in [6.45, 7) is 4.12. The molecule has 0 N–H and O–H groups in total. The summed E-state index contributed by atoms with van der Waals surface area (Å²) in [5.41, 5.74) is 4.71. The second kappa shape index (κ2) is 5.85. The normalized spacial score (nSPS) is 12.4. The van der Waals surface area contributed by atoms with E-state index in [1.54, 1.807) is 0 Å². The standard InChI is InChI=1S/C15H15BrClN/c1-10-4-3-7-18-15(10)9-13(16)12-5-6-14(17)11(2)8-12/h3-8,13H,9H2,1-2H3. The van der Waals surface area contributed by atoms with E-state index >= 15 is 0 Å². The first-order valence-electron chi connectivity index (χ1n) is 5.88. The van der Waals surface area contributed by atoms with Gasteiger partial charge in [-0.15, -0.1) is 0 Å². The summed E-state index contributed by atoms with van der Waals surface area (Å²) in [5.74, 6) is 0. The third-order valence-electron chi connectivity index (χ3n) is 3.03. The second-order valence-electron chi connectivity index (χ2n) is 4.45. The van der Waals surface area contributed by atoms with Gasteiger partial charge in [0.1, 0.15) is 0 Å². The lowest BCUT2D eigenvalue weighted by Gasteiger charge is -2.12. The lowest BCUT2D eigenvalue weighted by Crippen LogP contribution is -2.00. The first-order valence-corrected chi connectivity index (χ1v) is 7.18. The molecular formula is C15H15BrClN. The highest BCUT2D eigenvalue weighted by atomic mass is 79.9. The molecule has 0 amide bonds. The van der Waals surface area contributed by atoms with Gasteiger partial charge in [-0.05, 0) is 42.7 Å². The zero-order valence-electron chi connectivity index (χ0n) is 10.5. The van der Waals surface area contributed by atoms with E-state index in [2.05, 4.69) is 46.0 Å². The van der Waals surface area contributed by atoms with Crippen molar-refractivity contribution in [1.29, 1.82) is 0 Å². The van der Waals surface area contributed by atoms with E-state index in [4.69, 9.17) is 11.6 Å². The fourth-order valence-electron chi connectivity index (χ4n) is 1.88. The number of pyridine rings is 1. The molecule has 0 saturated carbocycles. The van der Waals surface area contributed by atoms with Crippen molar-refractivity contribution in [2.45, 2.75) is 25.1 Å². The van der Waals surface area contributed by atoms with Crippen LogP contribution in [-0.4, -0.2) is 4.98 Å². The van der Waals surface area contributed by atoms with Crippen molar-refractivity contribution in [2.24, 2.45) is 0 Å². The van der Waals surface area contributed by atoms with Gasteiger partial charge in [-0.3, -0.25) is 4.98 Å². The van der Waals surface area contributed by atoms with Crippen molar-refractivity contribution in [1.82, 2.24) is 4.98 Å². The Hall–Kier alpha value is -0.860. The summed E-state index contributed by atoms with van der Waals surface area (Å²) >= 11 is 9.78. The highest BCUT2D eigenvalue weighted by molar-refractivity contribution is 9.09. The Morgan fingerprint density at radius 1 is 1.22 bits per heavy atom. The van der Waals surface area contributed by atoms with Gasteiger partial charge in [-0.2, -0.15) is 0 Å². The largest absolute Gasteiger partial charge is 0.261 e. The maximum absolute atomic E-state index is 6.04. The third-order valence-corrected chi connectivity index (χ3v) is 4.31. The number of aryl methyl sites for hydroxylation is 2. The average molecular weight is 325 g/mol. The number of rotatable bonds is 3. The first kappa shape index (κ1) is 13.6. The van der Waals surface area contributed by atoms with Crippen LogP contribution in [0.4, 0.5) is 0 Å². The number of hydrogen-bond acceptors (Lipinski definition) is 1. The molecule has 1 aromatic heterocycles. The number of alkyl halides is 1. The molecule has 0 aliphatic carbocycles. The summed E-state index contributed by atoms with van der Waals surface area (Å²) < 4.78 is 0. The molecule has 1 unspecified atom stereocenters. The molecule has 0 aliphatic heterocycles. The lowest BCUT2D eigenvalue weighted by atomic mass is 10.0. The van der Waals surface area contributed by atoms with E-state index in [-0.39, 0.29) is 4.83 Å². The summed E-state index contributed by atoms with van der Waals surface area (Å²) in [7, 11) is 0. The van der Waals surface area contributed by atoms with Crippen LogP contribution in [0, 0.1) is 13.8 Å². The number of aromatic nitrogens is 1. The van der Waals surface area contributed by atoms with Crippen molar-refractivity contribution in [2.75, 3.05) is 0 Å². The van der Waals surface area contributed by atoms with Gasteiger partial charge in [0.15, 0.2) is 0 Å². The maximum atomic E-state index is 6.04. The monoisotopic (exact) mass is 323 g/mol. The smallest absolute Gasteiger partial charge is 0.0450 e. The SMILES string of the molecule is Cc1cc(C(Br)Cc2ncccc2C)ccc1Cl. The van der Waals surface area contributed by atoms with Gasteiger partial charge in [0, 0.05) is 28.2 Å². The van der Waals surface area contributed by atoms with Crippen LogP contribution in [-0.2, 0) is 6.42 Å².